The average Bonchev–Trinajstić information content (AvgIpc) is 2.46. The summed E-state index contributed by atoms with van der Waals surface area (Å²) >= 11 is 0. The molecule has 0 aromatic heterocycles. The molecule has 0 fully saturated rings. The number of nitrogens with zero attached hydrogens (tertiary/aromatic N) is 2. The summed E-state index contributed by atoms with van der Waals surface area (Å²) in [6, 6.07) is 16.1. The highest BCUT2D eigenvalue weighted by atomic mass is 15.1. The number of nitriles is 1. The van der Waals surface area contributed by atoms with E-state index in [1.54, 1.807) is 0 Å². The van der Waals surface area contributed by atoms with Crippen molar-refractivity contribution in [2.75, 3.05) is 17.2 Å². The largest absolute Gasteiger partial charge is 0.399 e. The van der Waals surface area contributed by atoms with Crippen molar-refractivity contribution < 1.29 is 0 Å². The molecule has 2 aromatic rings. The highest BCUT2D eigenvalue weighted by molar-refractivity contribution is 5.64. The monoisotopic (exact) mass is 279 g/mol. The van der Waals surface area contributed by atoms with Gasteiger partial charge in [-0.25, -0.2) is 0 Å². The molecule has 0 aliphatic rings. The van der Waals surface area contributed by atoms with Gasteiger partial charge in [0.25, 0.3) is 0 Å². The Kier molecular flexibility index (Phi) is 4.84. The van der Waals surface area contributed by atoms with Crippen LogP contribution in [0.15, 0.2) is 42.5 Å². The van der Waals surface area contributed by atoms with Gasteiger partial charge < -0.3 is 10.6 Å². The highest BCUT2D eigenvalue weighted by Crippen LogP contribution is 2.26. The normalized spacial score (nSPS) is 10.1. The summed E-state index contributed by atoms with van der Waals surface area (Å²) in [5.74, 6) is 0. The lowest BCUT2D eigenvalue weighted by Gasteiger charge is -2.27. The lowest BCUT2D eigenvalue weighted by molar-refractivity contribution is 0.764. The van der Waals surface area contributed by atoms with Crippen molar-refractivity contribution in [3.05, 3.63) is 59.2 Å². The van der Waals surface area contributed by atoms with Gasteiger partial charge in [-0.2, -0.15) is 5.26 Å². The summed E-state index contributed by atoms with van der Waals surface area (Å²) in [5.41, 5.74) is 10.7. The summed E-state index contributed by atoms with van der Waals surface area (Å²) in [6.07, 6.45) is 1.03. The summed E-state index contributed by atoms with van der Waals surface area (Å²) in [6.45, 7) is 5.88. The average molecular weight is 279 g/mol. The molecule has 3 nitrogen and oxygen atoms in total. The van der Waals surface area contributed by atoms with Gasteiger partial charge in [-0.15, -0.1) is 0 Å². The number of para-hydroxylation sites is 1. The smallest absolute Gasteiger partial charge is 0.101 e. The molecule has 0 amide bonds. The minimum absolute atomic E-state index is 0.729. The first-order valence-electron chi connectivity index (χ1n) is 7.24. The molecule has 0 radical (unpaired) electrons. The second kappa shape index (κ2) is 6.81. The van der Waals surface area contributed by atoms with Gasteiger partial charge in [0.2, 0.25) is 0 Å². The van der Waals surface area contributed by atoms with Crippen molar-refractivity contribution >= 4 is 11.4 Å². The van der Waals surface area contributed by atoms with E-state index in [4.69, 9.17) is 5.73 Å². The third-order valence-corrected chi connectivity index (χ3v) is 3.49. The van der Waals surface area contributed by atoms with Crippen LogP contribution in [0.25, 0.3) is 0 Å². The quantitative estimate of drug-likeness (QED) is 0.845. The predicted octanol–water partition coefficient (Wildman–Crippen LogP) is 3.87. The van der Waals surface area contributed by atoms with E-state index in [0.29, 0.717) is 0 Å². The molecule has 2 rings (SSSR count). The van der Waals surface area contributed by atoms with Crippen molar-refractivity contribution in [3.63, 3.8) is 0 Å². The van der Waals surface area contributed by atoms with Crippen LogP contribution >= 0.6 is 0 Å². The van der Waals surface area contributed by atoms with E-state index in [9.17, 15) is 5.26 Å². The third-order valence-electron chi connectivity index (χ3n) is 3.49. The van der Waals surface area contributed by atoms with E-state index in [1.165, 1.54) is 0 Å². The highest BCUT2D eigenvalue weighted by Gasteiger charge is 2.13. The summed E-state index contributed by atoms with van der Waals surface area (Å²) in [5, 5.41) is 9.37. The third kappa shape index (κ3) is 3.55. The zero-order valence-electron chi connectivity index (χ0n) is 12.6. The molecule has 2 N–H and O–H groups in total. The summed E-state index contributed by atoms with van der Waals surface area (Å²) < 4.78 is 0. The molecule has 0 bridgehead atoms. The van der Waals surface area contributed by atoms with E-state index < -0.39 is 0 Å². The number of rotatable bonds is 5. The number of hydrogen-bond acceptors (Lipinski definition) is 3. The van der Waals surface area contributed by atoms with Gasteiger partial charge in [-0.05, 0) is 42.7 Å². The number of nitrogens with two attached hydrogens (primary N) is 1. The molecular formula is C18H21N3. The predicted molar refractivity (Wildman–Crippen MR) is 88.1 cm³/mol. The molecule has 0 aliphatic heterocycles. The summed E-state index contributed by atoms with van der Waals surface area (Å²) in [4.78, 5) is 2.27. The number of nitrogen functional groups attached to an aromatic ring is 1. The Morgan fingerprint density at radius 1 is 1.19 bits per heavy atom. The maximum Gasteiger partial charge on any atom is 0.101 e. The Bertz CT molecular complexity index is 656. The second-order valence-corrected chi connectivity index (χ2v) is 5.25. The first kappa shape index (κ1) is 14.9. The molecule has 0 unspecified atom stereocenters. The molecule has 0 heterocycles. The fourth-order valence-corrected chi connectivity index (χ4v) is 2.62. The van der Waals surface area contributed by atoms with Crippen molar-refractivity contribution in [3.8, 4) is 6.07 Å². The topological polar surface area (TPSA) is 53.0 Å². The fourth-order valence-electron chi connectivity index (χ4n) is 2.62. The molecule has 21 heavy (non-hydrogen) atoms. The minimum atomic E-state index is 0.729. The molecular weight excluding hydrogens is 258 g/mol. The molecule has 0 aliphatic carbocycles. The number of benzene rings is 2. The van der Waals surface area contributed by atoms with Gasteiger partial charge in [0.1, 0.15) is 6.07 Å². The van der Waals surface area contributed by atoms with E-state index >= 15 is 0 Å². The first-order valence-corrected chi connectivity index (χ1v) is 7.24. The van der Waals surface area contributed by atoms with Gasteiger partial charge in [-0.1, -0.05) is 31.2 Å². The zero-order chi connectivity index (χ0) is 15.2. The van der Waals surface area contributed by atoms with Crippen LogP contribution in [0.5, 0.6) is 0 Å². The second-order valence-electron chi connectivity index (χ2n) is 5.25. The van der Waals surface area contributed by atoms with Crippen molar-refractivity contribution in [1.29, 1.82) is 5.26 Å². The van der Waals surface area contributed by atoms with Crippen LogP contribution in [0.1, 0.15) is 30.0 Å². The Balaban J connectivity index is 2.38. The van der Waals surface area contributed by atoms with Gasteiger partial charge in [0, 0.05) is 18.8 Å². The van der Waals surface area contributed by atoms with Gasteiger partial charge in [0.05, 0.1) is 11.3 Å². The van der Waals surface area contributed by atoms with Crippen molar-refractivity contribution in [2.24, 2.45) is 0 Å². The van der Waals surface area contributed by atoms with Crippen molar-refractivity contribution in [2.45, 2.75) is 26.8 Å². The van der Waals surface area contributed by atoms with E-state index in [0.717, 1.165) is 47.6 Å². The van der Waals surface area contributed by atoms with Crippen LogP contribution in [-0.4, -0.2) is 6.54 Å². The lowest BCUT2D eigenvalue weighted by Crippen LogP contribution is -2.25. The Morgan fingerprint density at radius 3 is 2.62 bits per heavy atom. The van der Waals surface area contributed by atoms with Crippen LogP contribution in [0.4, 0.5) is 11.4 Å². The Hall–Kier alpha value is -2.47. The summed E-state index contributed by atoms with van der Waals surface area (Å²) in [7, 11) is 0. The van der Waals surface area contributed by atoms with Crippen LogP contribution in [0, 0.1) is 18.3 Å². The SMILES string of the molecule is CCCN(Cc1cccc(N)c1)c1c(C)cccc1C#N. The van der Waals surface area contributed by atoms with Crippen LogP contribution in [0.2, 0.25) is 0 Å². The first-order chi connectivity index (χ1) is 10.2. The maximum absolute atomic E-state index is 9.37. The molecule has 0 saturated heterocycles. The number of hydrogen-bond donors (Lipinski definition) is 1. The van der Waals surface area contributed by atoms with E-state index in [2.05, 4.69) is 36.9 Å². The molecule has 3 heteroatoms. The van der Waals surface area contributed by atoms with Gasteiger partial charge >= 0.3 is 0 Å². The van der Waals surface area contributed by atoms with Gasteiger partial charge in [-0.3, -0.25) is 0 Å². The minimum Gasteiger partial charge on any atom is -0.399 e. The fraction of sp³-hybridized carbons (Fsp3) is 0.278. The maximum atomic E-state index is 9.37. The van der Waals surface area contributed by atoms with Crippen LogP contribution in [-0.2, 0) is 6.54 Å². The van der Waals surface area contributed by atoms with E-state index in [1.807, 2.05) is 30.3 Å². The number of aryl methyl sites for hydroxylation is 1. The molecule has 0 spiro atoms. The molecule has 0 atom stereocenters. The van der Waals surface area contributed by atoms with Crippen LogP contribution in [0.3, 0.4) is 0 Å². The lowest BCUT2D eigenvalue weighted by atomic mass is 10.1. The Morgan fingerprint density at radius 2 is 1.95 bits per heavy atom. The molecule has 2 aromatic carbocycles. The van der Waals surface area contributed by atoms with Crippen molar-refractivity contribution in [1.82, 2.24) is 0 Å². The molecule has 0 saturated carbocycles. The van der Waals surface area contributed by atoms with Gasteiger partial charge in [0.15, 0.2) is 0 Å². The Labute approximate surface area is 126 Å². The molecule has 108 valence electrons. The standard InChI is InChI=1S/C18H21N3/c1-3-10-21(13-15-7-5-9-17(20)11-15)18-14(2)6-4-8-16(18)12-19/h4-9,11H,3,10,13,20H2,1-2H3. The van der Waals surface area contributed by atoms with Crippen LogP contribution < -0.4 is 10.6 Å². The number of anilines is 2. The van der Waals surface area contributed by atoms with E-state index in [-0.39, 0.29) is 0 Å². The zero-order valence-corrected chi connectivity index (χ0v) is 12.6.